The van der Waals surface area contributed by atoms with Crippen LogP contribution in [0, 0.1) is 11.8 Å². The Kier molecular flexibility index (Phi) is 6.89. The highest BCUT2D eigenvalue weighted by molar-refractivity contribution is 5.89. The van der Waals surface area contributed by atoms with Gasteiger partial charge in [0.15, 0.2) is 0 Å². The fraction of sp³-hybridized carbons (Fsp3) is 0.500. The summed E-state index contributed by atoms with van der Waals surface area (Å²) in [6.07, 6.45) is 0.623. The molecule has 8 heteroatoms. The molecular formula is C22H30N4O4. The zero-order chi connectivity index (χ0) is 21.8. The second-order valence-corrected chi connectivity index (χ2v) is 8.37. The van der Waals surface area contributed by atoms with Gasteiger partial charge in [-0.05, 0) is 31.4 Å². The zero-order valence-corrected chi connectivity index (χ0v) is 17.7. The first-order valence-electron chi connectivity index (χ1n) is 10.3. The first-order chi connectivity index (χ1) is 14.3. The minimum Gasteiger partial charge on any atom is -0.382 e. The fourth-order valence-electron chi connectivity index (χ4n) is 4.09. The van der Waals surface area contributed by atoms with Crippen LogP contribution in [0.5, 0.6) is 0 Å². The van der Waals surface area contributed by atoms with Crippen LogP contribution in [-0.2, 0) is 9.59 Å². The van der Waals surface area contributed by atoms with Gasteiger partial charge in [0.1, 0.15) is 6.10 Å². The SMILES string of the molecule is CC(C)C[C@H](C(=O)N1CCN(c2cnc3ccccc3c2)C[C@H]1C)[C@H](O)C(=O)NO. The number of hydrogen-bond acceptors (Lipinski definition) is 6. The highest BCUT2D eigenvalue weighted by Gasteiger charge is 2.38. The molecule has 30 heavy (non-hydrogen) atoms. The lowest BCUT2D eigenvalue weighted by Gasteiger charge is -2.42. The number of fused-ring (bicyclic) bond motifs is 1. The van der Waals surface area contributed by atoms with Gasteiger partial charge in [0, 0.05) is 31.1 Å². The van der Waals surface area contributed by atoms with Crippen LogP contribution in [0.4, 0.5) is 5.69 Å². The first kappa shape index (κ1) is 22.0. The lowest BCUT2D eigenvalue weighted by atomic mass is 9.89. The number of rotatable bonds is 6. The third-order valence-corrected chi connectivity index (χ3v) is 5.65. The maximum atomic E-state index is 13.2. The number of hydroxylamine groups is 1. The van der Waals surface area contributed by atoms with Gasteiger partial charge in [-0.3, -0.25) is 19.8 Å². The first-order valence-corrected chi connectivity index (χ1v) is 10.3. The smallest absolute Gasteiger partial charge is 0.272 e. The molecule has 2 aromatic rings. The quantitative estimate of drug-likeness (QED) is 0.492. The topological polar surface area (TPSA) is 106 Å². The maximum Gasteiger partial charge on any atom is 0.272 e. The largest absolute Gasteiger partial charge is 0.382 e. The lowest BCUT2D eigenvalue weighted by molar-refractivity contribution is -0.152. The van der Waals surface area contributed by atoms with Crippen molar-refractivity contribution in [3.63, 3.8) is 0 Å². The number of hydrogen-bond donors (Lipinski definition) is 3. The second kappa shape index (κ2) is 9.40. The van der Waals surface area contributed by atoms with Crippen LogP contribution in [-0.4, -0.2) is 63.8 Å². The van der Waals surface area contributed by atoms with Crippen molar-refractivity contribution in [1.29, 1.82) is 0 Å². The van der Waals surface area contributed by atoms with Gasteiger partial charge in [0.05, 0.1) is 23.3 Å². The number of nitrogens with one attached hydrogen (secondary N) is 1. The highest BCUT2D eigenvalue weighted by Crippen LogP contribution is 2.25. The molecule has 2 heterocycles. The monoisotopic (exact) mass is 414 g/mol. The number of aromatic nitrogens is 1. The summed E-state index contributed by atoms with van der Waals surface area (Å²) in [6, 6.07) is 9.94. The molecule has 0 spiro atoms. The molecule has 1 aromatic heterocycles. The number of aliphatic hydroxyl groups is 1. The summed E-state index contributed by atoms with van der Waals surface area (Å²) in [5.74, 6) is -2.00. The summed E-state index contributed by atoms with van der Waals surface area (Å²) in [6.45, 7) is 7.56. The third-order valence-electron chi connectivity index (χ3n) is 5.65. The van der Waals surface area contributed by atoms with E-state index in [1.807, 2.05) is 51.2 Å². The molecule has 3 atom stereocenters. The number of para-hydroxylation sites is 1. The molecule has 162 valence electrons. The maximum absolute atomic E-state index is 13.2. The standard InChI is InChI=1S/C22H30N4O4/c1-14(2)10-18(20(27)21(28)24-30)22(29)26-9-8-25(13-15(26)3)17-11-16-6-4-5-7-19(16)23-12-17/h4-7,11-12,14-15,18,20,27,30H,8-10,13H2,1-3H3,(H,24,28)/t15-,18+,20+/m1/s1. The Balaban J connectivity index is 1.73. The lowest BCUT2D eigenvalue weighted by Crippen LogP contribution is -2.57. The van der Waals surface area contributed by atoms with Crippen molar-refractivity contribution in [2.24, 2.45) is 11.8 Å². The molecule has 8 nitrogen and oxygen atoms in total. The van der Waals surface area contributed by atoms with E-state index in [0.29, 0.717) is 26.1 Å². The Morgan fingerprint density at radius 1 is 1.27 bits per heavy atom. The molecule has 1 aromatic carbocycles. The van der Waals surface area contributed by atoms with Gasteiger partial charge < -0.3 is 14.9 Å². The molecule has 2 amide bonds. The summed E-state index contributed by atoms with van der Waals surface area (Å²) in [4.78, 5) is 33.4. The van der Waals surface area contributed by atoms with Crippen LogP contribution >= 0.6 is 0 Å². The number of piperazine rings is 1. The number of aliphatic hydroxyl groups excluding tert-OH is 1. The van der Waals surface area contributed by atoms with E-state index in [4.69, 9.17) is 5.21 Å². The molecule has 1 aliphatic heterocycles. The Morgan fingerprint density at radius 3 is 2.67 bits per heavy atom. The molecule has 0 radical (unpaired) electrons. The molecule has 1 fully saturated rings. The number of anilines is 1. The fourth-order valence-corrected chi connectivity index (χ4v) is 4.09. The van der Waals surface area contributed by atoms with E-state index >= 15 is 0 Å². The van der Waals surface area contributed by atoms with Gasteiger partial charge in [-0.2, -0.15) is 0 Å². The van der Waals surface area contributed by atoms with E-state index in [0.717, 1.165) is 16.6 Å². The molecule has 0 bridgehead atoms. The predicted octanol–water partition coefficient (Wildman–Crippen LogP) is 1.80. The third kappa shape index (κ3) is 4.71. The van der Waals surface area contributed by atoms with Gasteiger partial charge in [-0.25, -0.2) is 5.48 Å². The van der Waals surface area contributed by atoms with E-state index in [1.54, 1.807) is 4.90 Å². The average Bonchev–Trinajstić information content (AvgIpc) is 2.75. The summed E-state index contributed by atoms with van der Waals surface area (Å²) in [5.41, 5.74) is 3.40. The van der Waals surface area contributed by atoms with Gasteiger partial charge >= 0.3 is 0 Å². The molecule has 1 aliphatic rings. The number of carbonyl (C=O) groups excluding carboxylic acids is 2. The number of nitrogens with zero attached hydrogens (tertiary/aromatic N) is 3. The minimum absolute atomic E-state index is 0.100. The summed E-state index contributed by atoms with van der Waals surface area (Å²) in [7, 11) is 0. The normalized spacial score (nSPS) is 19.1. The van der Waals surface area contributed by atoms with E-state index < -0.39 is 17.9 Å². The average molecular weight is 415 g/mol. The number of benzene rings is 1. The predicted molar refractivity (Wildman–Crippen MR) is 114 cm³/mol. The van der Waals surface area contributed by atoms with Crippen LogP contribution in [0.15, 0.2) is 36.5 Å². The van der Waals surface area contributed by atoms with Crippen molar-refractivity contribution in [1.82, 2.24) is 15.4 Å². The Labute approximate surface area is 176 Å². The van der Waals surface area contributed by atoms with Gasteiger partial charge in [-0.15, -0.1) is 0 Å². The van der Waals surface area contributed by atoms with Crippen LogP contribution in [0.2, 0.25) is 0 Å². The summed E-state index contributed by atoms with van der Waals surface area (Å²) < 4.78 is 0. The molecule has 1 saturated heterocycles. The van der Waals surface area contributed by atoms with Gasteiger partial charge in [0.2, 0.25) is 5.91 Å². The van der Waals surface area contributed by atoms with Crippen molar-refractivity contribution < 1.29 is 19.9 Å². The summed E-state index contributed by atoms with van der Waals surface area (Å²) >= 11 is 0. The van der Waals surface area contributed by atoms with Crippen LogP contribution in [0.3, 0.4) is 0 Å². The molecule has 3 N–H and O–H groups in total. The Hall–Kier alpha value is -2.71. The van der Waals surface area contributed by atoms with E-state index in [-0.39, 0.29) is 17.9 Å². The molecule has 0 saturated carbocycles. The molecule has 0 aliphatic carbocycles. The number of pyridine rings is 1. The molecular weight excluding hydrogens is 384 g/mol. The van der Waals surface area contributed by atoms with Crippen LogP contribution in [0.25, 0.3) is 10.9 Å². The van der Waals surface area contributed by atoms with E-state index in [2.05, 4.69) is 16.0 Å². The van der Waals surface area contributed by atoms with Crippen molar-refractivity contribution in [2.75, 3.05) is 24.5 Å². The number of amides is 2. The van der Waals surface area contributed by atoms with Crippen molar-refractivity contribution >= 4 is 28.4 Å². The van der Waals surface area contributed by atoms with Gasteiger partial charge in [-0.1, -0.05) is 32.0 Å². The van der Waals surface area contributed by atoms with E-state index in [1.165, 1.54) is 5.48 Å². The van der Waals surface area contributed by atoms with Crippen LogP contribution < -0.4 is 10.4 Å². The minimum atomic E-state index is -1.58. The summed E-state index contributed by atoms with van der Waals surface area (Å²) in [5, 5.41) is 20.2. The van der Waals surface area contributed by atoms with E-state index in [9.17, 15) is 14.7 Å². The zero-order valence-electron chi connectivity index (χ0n) is 17.7. The second-order valence-electron chi connectivity index (χ2n) is 8.37. The highest BCUT2D eigenvalue weighted by atomic mass is 16.5. The van der Waals surface area contributed by atoms with Crippen molar-refractivity contribution in [3.8, 4) is 0 Å². The van der Waals surface area contributed by atoms with Gasteiger partial charge in [0.25, 0.3) is 5.91 Å². The Bertz CT molecular complexity index is 904. The molecule has 3 rings (SSSR count). The number of carbonyl (C=O) groups is 2. The van der Waals surface area contributed by atoms with Crippen LogP contribution in [0.1, 0.15) is 27.2 Å². The van der Waals surface area contributed by atoms with Crippen molar-refractivity contribution in [3.05, 3.63) is 36.5 Å². The molecule has 0 unspecified atom stereocenters. The Morgan fingerprint density at radius 2 is 2.00 bits per heavy atom. The van der Waals surface area contributed by atoms with Crippen molar-refractivity contribution in [2.45, 2.75) is 39.3 Å².